The van der Waals surface area contributed by atoms with Gasteiger partial charge in [-0.2, -0.15) is 0 Å². The van der Waals surface area contributed by atoms with Crippen LogP contribution in [-0.4, -0.2) is 57.1 Å². The van der Waals surface area contributed by atoms with Crippen molar-refractivity contribution in [3.8, 4) is 0 Å². The van der Waals surface area contributed by atoms with Crippen molar-refractivity contribution in [3.63, 3.8) is 0 Å². The zero-order valence-electron chi connectivity index (χ0n) is 17.7. The monoisotopic (exact) mass is 479 g/mol. The largest absolute Gasteiger partial charge is 0.368 e. The van der Waals surface area contributed by atoms with Crippen LogP contribution in [0.25, 0.3) is 0 Å². The third-order valence-corrected chi connectivity index (χ3v) is 8.11. The molecule has 2 aliphatic rings. The molecule has 0 unspecified atom stereocenters. The van der Waals surface area contributed by atoms with Gasteiger partial charge in [-0.1, -0.05) is 11.6 Å². The normalized spacial score (nSPS) is 20.0. The summed E-state index contributed by atoms with van der Waals surface area (Å²) in [7, 11) is -3.84. The van der Waals surface area contributed by atoms with Gasteiger partial charge >= 0.3 is 0 Å². The Labute approximate surface area is 191 Å². The van der Waals surface area contributed by atoms with Crippen LogP contribution in [0.1, 0.15) is 24.2 Å². The van der Waals surface area contributed by atoms with E-state index in [9.17, 15) is 22.4 Å². The number of amides is 2. The number of halogens is 2. The Balaban J connectivity index is 1.54. The maximum absolute atomic E-state index is 13.2. The number of benzene rings is 2. The van der Waals surface area contributed by atoms with Gasteiger partial charge < -0.3 is 9.80 Å². The van der Waals surface area contributed by atoms with Gasteiger partial charge in [0.1, 0.15) is 5.82 Å². The Morgan fingerprint density at radius 2 is 1.59 bits per heavy atom. The van der Waals surface area contributed by atoms with Crippen molar-refractivity contribution >= 4 is 44.8 Å². The molecule has 7 nitrogen and oxygen atoms in total. The van der Waals surface area contributed by atoms with Gasteiger partial charge in [-0.25, -0.2) is 17.1 Å². The van der Waals surface area contributed by atoms with Crippen LogP contribution < -0.4 is 9.21 Å². The standard InChI is InChI=1S/C22H23ClFN3O4S/c1-22(2)14-32(30,31)27(21(22)29)17-7-8-19(23)18(13-17)20(28)26-11-9-25(10-12-26)16-5-3-15(24)4-6-16/h3-8,13H,9-12,14H2,1-2H3. The molecule has 2 amide bonds. The zero-order valence-corrected chi connectivity index (χ0v) is 19.3. The topological polar surface area (TPSA) is 78.0 Å². The van der Waals surface area contributed by atoms with Crippen LogP contribution in [0.2, 0.25) is 5.02 Å². The summed E-state index contributed by atoms with van der Waals surface area (Å²) >= 11 is 6.27. The highest BCUT2D eigenvalue weighted by Crippen LogP contribution is 2.37. The number of carbonyl (C=O) groups is 2. The molecule has 4 rings (SSSR count). The average molecular weight is 480 g/mol. The van der Waals surface area contributed by atoms with Crippen molar-refractivity contribution in [2.45, 2.75) is 13.8 Å². The van der Waals surface area contributed by atoms with E-state index in [4.69, 9.17) is 11.6 Å². The molecule has 0 spiro atoms. The van der Waals surface area contributed by atoms with Gasteiger partial charge in [0.25, 0.3) is 5.91 Å². The van der Waals surface area contributed by atoms with E-state index in [0.717, 1.165) is 9.99 Å². The Morgan fingerprint density at radius 3 is 2.16 bits per heavy atom. The molecule has 0 aromatic heterocycles. The number of hydrogen-bond acceptors (Lipinski definition) is 5. The number of carbonyl (C=O) groups excluding carboxylic acids is 2. The first-order valence-electron chi connectivity index (χ1n) is 10.2. The third kappa shape index (κ3) is 4.06. The number of nitrogens with zero attached hydrogens (tertiary/aromatic N) is 3. The van der Waals surface area contributed by atoms with Gasteiger partial charge in [-0.15, -0.1) is 0 Å². The fraction of sp³-hybridized carbons (Fsp3) is 0.364. The molecule has 2 heterocycles. The van der Waals surface area contributed by atoms with Crippen molar-refractivity contribution in [1.29, 1.82) is 0 Å². The van der Waals surface area contributed by atoms with E-state index in [1.54, 1.807) is 30.9 Å². The lowest BCUT2D eigenvalue weighted by atomic mass is 9.95. The third-order valence-electron chi connectivity index (χ3n) is 5.76. The van der Waals surface area contributed by atoms with Crippen molar-refractivity contribution in [2.24, 2.45) is 5.41 Å². The molecular formula is C22H23ClFN3O4S. The number of hydrogen-bond donors (Lipinski definition) is 0. The molecule has 10 heteroatoms. The zero-order chi connectivity index (χ0) is 23.3. The molecule has 0 radical (unpaired) electrons. The Hall–Kier alpha value is -2.65. The van der Waals surface area contributed by atoms with E-state index in [2.05, 4.69) is 4.90 Å². The number of anilines is 2. The summed E-state index contributed by atoms with van der Waals surface area (Å²) in [6.45, 7) is 5.12. The maximum Gasteiger partial charge on any atom is 0.255 e. The number of piperazine rings is 1. The summed E-state index contributed by atoms with van der Waals surface area (Å²) in [5.41, 5.74) is 0.0866. The first-order valence-corrected chi connectivity index (χ1v) is 12.2. The quantitative estimate of drug-likeness (QED) is 0.675. The van der Waals surface area contributed by atoms with Crippen molar-refractivity contribution in [3.05, 3.63) is 58.9 Å². The summed E-state index contributed by atoms with van der Waals surface area (Å²) in [5, 5.41) is 0.183. The number of rotatable bonds is 3. The molecule has 2 fully saturated rings. The Bertz CT molecular complexity index is 1180. The second kappa shape index (κ2) is 8.04. The smallest absolute Gasteiger partial charge is 0.255 e. The van der Waals surface area contributed by atoms with E-state index in [1.165, 1.54) is 30.3 Å². The molecule has 0 saturated carbocycles. The molecular weight excluding hydrogens is 457 g/mol. The summed E-state index contributed by atoms with van der Waals surface area (Å²) < 4.78 is 39.1. The lowest BCUT2D eigenvalue weighted by Gasteiger charge is -2.36. The molecule has 2 aromatic rings. The highest BCUT2D eigenvalue weighted by atomic mass is 35.5. The summed E-state index contributed by atoms with van der Waals surface area (Å²) in [6, 6.07) is 10.4. The van der Waals surface area contributed by atoms with E-state index in [1.807, 2.05) is 0 Å². The van der Waals surface area contributed by atoms with Gasteiger partial charge in [0.2, 0.25) is 15.9 Å². The molecule has 0 bridgehead atoms. The lowest BCUT2D eigenvalue weighted by Crippen LogP contribution is -2.48. The first kappa shape index (κ1) is 22.5. The summed E-state index contributed by atoms with van der Waals surface area (Å²) in [5.74, 6) is -1.47. The van der Waals surface area contributed by atoms with Crippen molar-refractivity contribution in [1.82, 2.24) is 4.90 Å². The van der Waals surface area contributed by atoms with Crippen LogP contribution in [0.5, 0.6) is 0 Å². The second-order valence-corrected chi connectivity index (χ2v) is 10.9. The molecule has 0 aliphatic carbocycles. The van der Waals surface area contributed by atoms with Crippen LogP contribution in [-0.2, 0) is 14.8 Å². The SMILES string of the molecule is CC1(C)CS(=O)(=O)N(c2ccc(Cl)c(C(=O)N3CCN(c4ccc(F)cc4)CC3)c2)C1=O. The number of sulfonamides is 1. The van der Waals surface area contributed by atoms with Gasteiger partial charge in [-0.05, 0) is 56.3 Å². The lowest BCUT2D eigenvalue weighted by molar-refractivity contribution is -0.123. The Morgan fingerprint density at radius 1 is 1.00 bits per heavy atom. The van der Waals surface area contributed by atoms with Crippen LogP contribution >= 0.6 is 11.6 Å². The van der Waals surface area contributed by atoms with Gasteiger partial charge in [0.05, 0.1) is 27.4 Å². The minimum Gasteiger partial charge on any atom is -0.368 e. The molecule has 2 saturated heterocycles. The van der Waals surface area contributed by atoms with E-state index >= 15 is 0 Å². The van der Waals surface area contributed by atoms with Gasteiger partial charge in [0.15, 0.2) is 0 Å². The van der Waals surface area contributed by atoms with Crippen LogP contribution in [0.3, 0.4) is 0 Å². The summed E-state index contributed by atoms with van der Waals surface area (Å²) in [4.78, 5) is 29.5. The predicted molar refractivity (Wildman–Crippen MR) is 121 cm³/mol. The van der Waals surface area contributed by atoms with Crippen LogP contribution in [0, 0.1) is 11.2 Å². The molecule has 0 N–H and O–H groups in total. The second-order valence-electron chi connectivity index (χ2n) is 8.63. The van der Waals surface area contributed by atoms with Gasteiger partial charge in [0, 0.05) is 31.9 Å². The molecule has 170 valence electrons. The minimum absolute atomic E-state index is 0.110. The predicted octanol–water partition coefficient (Wildman–Crippen LogP) is 3.14. The van der Waals surface area contributed by atoms with Crippen molar-refractivity contribution in [2.75, 3.05) is 41.1 Å². The van der Waals surface area contributed by atoms with E-state index in [-0.39, 0.29) is 33.8 Å². The fourth-order valence-electron chi connectivity index (χ4n) is 4.05. The van der Waals surface area contributed by atoms with E-state index < -0.39 is 21.3 Å². The fourth-order valence-corrected chi connectivity index (χ4v) is 6.35. The molecule has 2 aliphatic heterocycles. The Kier molecular flexibility index (Phi) is 5.67. The minimum atomic E-state index is -3.84. The van der Waals surface area contributed by atoms with E-state index in [0.29, 0.717) is 26.2 Å². The highest BCUT2D eigenvalue weighted by molar-refractivity contribution is 7.94. The highest BCUT2D eigenvalue weighted by Gasteiger charge is 2.50. The maximum atomic E-state index is 13.2. The van der Waals surface area contributed by atoms with Gasteiger partial charge in [-0.3, -0.25) is 9.59 Å². The van der Waals surface area contributed by atoms with Crippen LogP contribution in [0.4, 0.5) is 15.8 Å². The van der Waals surface area contributed by atoms with Crippen LogP contribution in [0.15, 0.2) is 42.5 Å². The molecule has 32 heavy (non-hydrogen) atoms. The van der Waals surface area contributed by atoms with Crippen molar-refractivity contribution < 1.29 is 22.4 Å². The molecule has 0 atom stereocenters. The summed E-state index contributed by atoms with van der Waals surface area (Å²) in [6.07, 6.45) is 0. The molecule has 2 aromatic carbocycles. The first-order chi connectivity index (χ1) is 15.0. The average Bonchev–Trinajstić information content (AvgIpc) is 2.91.